The molecule has 0 aromatic heterocycles. The molecule has 8 nitrogen and oxygen atoms in total. The van der Waals surface area contributed by atoms with Crippen LogP contribution in [0.15, 0.2) is 24.3 Å². The molecule has 2 amide bonds. The van der Waals surface area contributed by atoms with E-state index in [1.807, 2.05) is 12.1 Å². The number of benzene rings is 1. The molecule has 1 aromatic rings. The van der Waals surface area contributed by atoms with Crippen LogP contribution in [0.4, 0.5) is 23.7 Å². The highest BCUT2D eigenvalue weighted by atomic mass is 19.4. The predicted molar refractivity (Wildman–Crippen MR) is 114 cm³/mol. The summed E-state index contributed by atoms with van der Waals surface area (Å²) in [4.78, 5) is 13.1. The number of anilines is 1. The third kappa shape index (κ3) is 8.21. The normalized spacial score (nSPS) is 24.1. The zero-order chi connectivity index (χ0) is 24.1. The number of ether oxygens (including phenoxy) is 1. The second kappa shape index (κ2) is 10.8. The Balaban J connectivity index is 1.79. The first-order valence-corrected chi connectivity index (χ1v) is 10.5. The number of carbonyl (C=O) groups excluding carboxylic acids is 1. The topological polar surface area (TPSA) is 120 Å². The largest absolute Gasteiger partial charge is 0.401 e. The first-order valence-electron chi connectivity index (χ1n) is 10.5. The lowest BCUT2D eigenvalue weighted by Gasteiger charge is -2.27. The van der Waals surface area contributed by atoms with Crippen LogP contribution in [0.1, 0.15) is 32.8 Å². The number of aliphatic hydroxyl groups excluding tert-OH is 2. The molecule has 1 aliphatic heterocycles. The highest BCUT2D eigenvalue weighted by Gasteiger charge is 2.42. The molecule has 1 aliphatic rings. The molecular formula is C21H33F3N4O4. The van der Waals surface area contributed by atoms with Gasteiger partial charge in [-0.25, -0.2) is 4.79 Å². The monoisotopic (exact) mass is 462 g/mol. The van der Waals surface area contributed by atoms with E-state index in [-0.39, 0.29) is 31.5 Å². The number of amides is 2. The minimum atomic E-state index is -4.45. The molecule has 0 unspecified atom stereocenters. The van der Waals surface area contributed by atoms with Gasteiger partial charge in [0.2, 0.25) is 0 Å². The van der Waals surface area contributed by atoms with Crippen LogP contribution >= 0.6 is 0 Å². The van der Waals surface area contributed by atoms with Crippen molar-refractivity contribution >= 4 is 11.7 Å². The lowest BCUT2D eigenvalue weighted by molar-refractivity contribution is -0.150. The average Bonchev–Trinajstić information content (AvgIpc) is 2.90. The average molecular weight is 463 g/mol. The number of carbonyl (C=O) groups is 1. The molecule has 1 saturated heterocycles. The Morgan fingerprint density at radius 1 is 1.16 bits per heavy atom. The Morgan fingerprint density at radius 3 is 2.28 bits per heavy atom. The molecule has 1 aromatic carbocycles. The fourth-order valence-corrected chi connectivity index (χ4v) is 3.40. The fourth-order valence-electron chi connectivity index (χ4n) is 3.40. The number of halogens is 3. The summed E-state index contributed by atoms with van der Waals surface area (Å²) in [5.41, 5.74) is 7.21. The molecule has 0 aliphatic carbocycles. The quantitative estimate of drug-likeness (QED) is 0.376. The second-order valence-electron chi connectivity index (χ2n) is 9.03. The van der Waals surface area contributed by atoms with Crippen molar-refractivity contribution < 1.29 is 32.9 Å². The van der Waals surface area contributed by atoms with Crippen molar-refractivity contribution in [3.63, 3.8) is 0 Å². The van der Waals surface area contributed by atoms with Crippen LogP contribution < -0.4 is 16.4 Å². The van der Waals surface area contributed by atoms with Gasteiger partial charge in [0.05, 0.1) is 6.54 Å². The SMILES string of the molecule is CC(C)(C)c1ccc(NC(=O)NCCCN(C[C@H]2O[C@@H](N)[C@H](O)[C@@H]2O)CC(F)(F)F)cc1. The van der Waals surface area contributed by atoms with E-state index in [0.717, 1.165) is 10.5 Å². The Bertz CT molecular complexity index is 740. The van der Waals surface area contributed by atoms with Gasteiger partial charge in [0.25, 0.3) is 0 Å². The Kier molecular flexibility index (Phi) is 8.89. The first kappa shape index (κ1) is 26.3. The van der Waals surface area contributed by atoms with Crippen molar-refractivity contribution in [2.24, 2.45) is 5.73 Å². The van der Waals surface area contributed by atoms with Crippen molar-refractivity contribution in [3.8, 4) is 0 Å². The molecule has 0 radical (unpaired) electrons. The number of aliphatic hydroxyl groups is 2. The van der Waals surface area contributed by atoms with E-state index in [1.165, 1.54) is 0 Å². The minimum Gasteiger partial charge on any atom is -0.387 e. The van der Waals surface area contributed by atoms with Crippen LogP contribution in [0.25, 0.3) is 0 Å². The maximum Gasteiger partial charge on any atom is 0.401 e. The Hall–Kier alpha value is -1.92. The predicted octanol–water partition coefficient (Wildman–Crippen LogP) is 1.77. The standard InChI is InChI=1S/C21H33F3N4O4/c1-20(2,3)13-5-7-14(8-6-13)27-19(31)26-9-4-10-28(12-21(22,23)24)11-15-16(29)17(30)18(25)32-15/h5-8,15-18,29-30H,4,9-12,25H2,1-3H3,(H2,26,27,31)/t15-,16-,17-,18-/m1/s1. The number of hydrogen-bond acceptors (Lipinski definition) is 6. The summed E-state index contributed by atoms with van der Waals surface area (Å²) < 4.78 is 43.9. The number of rotatable bonds is 8. The van der Waals surface area contributed by atoms with E-state index in [2.05, 4.69) is 31.4 Å². The number of nitrogens with two attached hydrogens (primary N) is 1. The van der Waals surface area contributed by atoms with E-state index < -0.39 is 43.3 Å². The Morgan fingerprint density at radius 2 is 1.78 bits per heavy atom. The second-order valence-corrected chi connectivity index (χ2v) is 9.03. The molecule has 2 rings (SSSR count). The minimum absolute atomic E-state index is 0.00200. The Labute approximate surface area is 185 Å². The van der Waals surface area contributed by atoms with Gasteiger partial charge in [-0.2, -0.15) is 13.2 Å². The molecule has 0 bridgehead atoms. The third-order valence-corrected chi connectivity index (χ3v) is 5.19. The molecule has 182 valence electrons. The lowest BCUT2D eigenvalue weighted by atomic mass is 9.87. The molecular weight excluding hydrogens is 429 g/mol. The number of nitrogens with zero attached hydrogens (tertiary/aromatic N) is 1. The summed E-state index contributed by atoms with van der Waals surface area (Å²) in [6.07, 6.45) is -9.11. The van der Waals surface area contributed by atoms with Crippen molar-refractivity contribution in [1.82, 2.24) is 10.2 Å². The van der Waals surface area contributed by atoms with Crippen LogP contribution in [0.2, 0.25) is 0 Å². The first-order chi connectivity index (χ1) is 14.8. The van der Waals surface area contributed by atoms with Crippen LogP contribution in [-0.4, -0.2) is 78.0 Å². The highest BCUT2D eigenvalue weighted by molar-refractivity contribution is 5.89. The number of alkyl halides is 3. The summed E-state index contributed by atoms with van der Waals surface area (Å²) in [6.45, 7) is 4.93. The maximum absolute atomic E-state index is 12.9. The van der Waals surface area contributed by atoms with Gasteiger partial charge in [-0.15, -0.1) is 0 Å². The van der Waals surface area contributed by atoms with Crippen LogP contribution in [-0.2, 0) is 10.2 Å². The molecule has 0 saturated carbocycles. The zero-order valence-corrected chi connectivity index (χ0v) is 18.5. The third-order valence-electron chi connectivity index (χ3n) is 5.19. The number of urea groups is 1. The maximum atomic E-state index is 12.9. The molecule has 6 N–H and O–H groups in total. The smallest absolute Gasteiger partial charge is 0.387 e. The van der Waals surface area contributed by atoms with Gasteiger partial charge in [-0.3, -0.25) is 4.90 Å². The lowest BCUT2D eigenvalue weighted by Crippen LogP contribution is -2.44. The number of nitrogens with one attached hydrogen (secondary N) is 2. The van der Waals surface area contributed by atoms with E-state index in [4.69, 9.17) is 10.5 Å². The van der Waals surface area contributed by atoms with Gasteiger partial charge >= 0.3 is 12.2 Å². The van der Waals surface area contributed by atoms with Crippen molar-refractivity contribution in [1.29, 1.82) is 0 Å². The van der Waals surface area contributed by atoms with Gasteiger partial charge in [0.1, 0.15) is 24.5 Å². The van der Waals surface area contributed by atoms with Crippen LogP contribution in [0, 0.1) is 0 Å². The summed E-state index contributed by atoms with van der Waals surface area (Å²) in [5.74, 6) is 0. The molecule has 11 heteroatoms. The summed E-state index contributed by atoms with van der Waals surface area (Å²) in [6, 6.07) is 6.97. The van der Waals surface area contributed by atoms with E-state index in [0.29, 0.717) is 5.69 Å². The van der Waals surface area contributed by atoms with Gasteiger partial charge in [0.15, 0.2) is 0 Å². The van der Waals surface area contributed by atoms with E-state index >= 15 is 0 Å². The number of hydrogen-bond donors (Lipinski definition) is 5. The zero-order valence-electron chi connectivity index (χ0n) is 18.5. The summed E-state index contributed by atoms with van der Waals surface area (Å²) in [7, 11) is 0. The van der Waals surface area contributed by atoms with Gasteiger partial charge in [-0.05, 0) is 29.5 Å². The van der Waals surface area contributed by atoms with Crippen LogP contribution in [0.5, 0.6) is 0 Å². The van der Waals surface area contributed by atoms with Crippen molar-refractivity contribution in [3.05, 3.63) is 29.8 Å². The van der Waals surface area contributed by atoms with Gasteiger partial charge in [0, 0.05) is 25.3 Å². The fraction of sp³-hybridized carbons (Fsp3) is 0.667. The highest BCUT2D eigenvalue weighted by Crippen LogP contribution is 2.24. The van der Waals surface area contributed by atoms with E-state index in [9.17, 15) is 28.2 Å². The summed E-state index contributed by atoms with van der Waals surface area (Å²) in [5, 5.41) is 24.8. The molecule has 1 heterocycles. The molecule has 32 heavy (non-hydrogen) atoms. The van der Waals surface area contributed by atoms with Gasteiger partial charge < -0.3 is 31.3 Å². The van der Waals surface area contributed by atoms with Crippen LogP contribution in [0.3, 0.4) is 0 Å². The van der Waals surface area contributed by atoms with Crippen molar-refractivity contribution in [2.75, 3.05) is 31.5 Å². The van der Waals surface area contributed by atoms with E-state index in [1.54, 1.807) is 12.1 Å². The van der Waals surface area contributed by atoms with Gasteiger partial charge in [-0.1, -0.05) is 32.9 Å². The van der Waals surface area contributed by atoms with Crippen molar-refractivity contribution in [2.45, 2.75) is 63.3 Å². The molecule has 4 atom stereocenters. The molecule has 1 fully saturated rings. The molecule has 0 spiro atoms. The summed E-state index contributed by atoms with van der Waals surface area (Å²) >= 11 is 0.